The molecule has 6 atom stereocenters. The molecule has 16 nitrogen and oxygen atoms in total. The number of ether oxygens (including phenoxy) is 1. The lowest BCUT2D eigenvalue weighted by Gasteiger charge is -2.38. The van der Waals surface area contributed by atoms with E-state index in [9.17, 15) is 28.5 Å². The normalized spacial score (nSPS) is 29.1. The SMILES string of the molecule is C[C@H]1CC(COP(=O)(O)OP(=O)(O)OP(=O)(O)O)O[C@@H](n2ccc(N)nc2=O)[C@@H]1O. The van der Waals surface area contributed by atoms with Crippen molar-refractivity contribution in [3.05, 3.63) is 22.7 Å². The summed E-state index contributed by atoms with van der Waals surface area (Å²) < 4.78 is 52.0. The monoisotopic (exact) mass is 495 g/mol. The van der Waals surface area contributed by atoms with Gasteiger partial charge in [0.05, 0.1) is 12.7 Å². The fraction of sp³-hybridized carbons (Fsp3) is 0.636. The summed E-state index contributed by atoms with van der Waals surface area (Å²) in [6, 6.07) is 1.29. The van der Waals surface area contributed by atoms with E-state index in [0.717, 1.165) is 4.57 Å². The topological polar surface area (TPSA) is 250 Å². The largest absolute Gasteiger partial charge is 0.490 e. The average molecular weight is 495 g/mol. The lowest BCUT2D eigenvalue weighted by Crippen LogP contribution is -2.46. The van der Waals surface area contributed by atoms with Crippen LogP contribution in [0.15, 0.2) is 17.1 Å². The van der Waals surface area contributed by atoms with Crippen LogP contribution < -0.4 is 11.4 Å². The van der Waals surface area contributed by atoms with Crippen molar-refractivity contribution in [2.24, 2.45) is 5.92 Å². The van der Waals surface area contributed by atoms with Gasteiger partial charge in [0, 0.05) is 6.20 Å². The van der Waals surface area contributed by atoms with E-state index in [1.165, 1.54) is 12.3 Å². The summed E-state index contributed by atoms with van der Waals surface area (Å²) in [6.07, 6.45) is -2.08. The number of hydrogen-bond acceptors (Lipinski definition) is 11. The van der Waals surface area contributed by atoms with E-state index in [1.54, 1.807) is 6.92 Å². The van der Waals surface area contributed by atoms with Crippen molar-refractivity contribution in [3.8, 4) is 0 Å². The molecule has 3 unspecified atom stereocenters. The molecule has 30 heavy (non-hydrogen) atoms. The van der Waals surface area contributed by atoms with Crippen LogP contribution in [-0.4, -0.2) is 53.0 Å². The molecule has 1 saturated heterocycles. The number of aromatic nitrogens is 2. The number of rotatable bonds is 8. The highest BCUT2D eigenvalue weighted by molar-refractivity contribution is 7.66. The highest BCUT2D eigenvalue weighted by Crippen LogP contribution is 2.66. The van der Waals surface area contributed by atoms with Gasteiger partial charge < -0.3 is 35.2 Å². The molecular weight excluding hydrogens is 475 g/mol. The molecule has 0 aromatic carbocycles. The zero-order chi connectivity index (χ0) is 22.9. The first kappa shape index (κ1) is 25.3. The molecule has 2 heterocycles. The van der Waals surface area contributed by atoms with Crippen LogP contribution in [0.25, 0.3) is 0 Å². The minimum atomic E-state index is -5.65. The molecule has 0 radical (unpaired) electrons. The number of hydrogen-bond donors (Lipinski definition) is 6. The van der Waals surface area contributed by atoms with E-state index in [1.807, 2.05) is 0 Å². The van der Waals surface area contributed by atoms with Crippen molar-refractivity contribution >= 4 is 29.3 Å². The van der Waals surface area contributed by atoms with Gasteiger partial charge in [0.25, 0.3) is 0 Å². The van der Waals surface area contributed by atoms with Crippen LogP contribution in [0.4, 0.5) is 5.82 Å². The van der Waals surface area contributed by atoms with Crippen LogP contribution in [0.1, 0.15) is 19.6 Å². The van der Waals surface area contributed by atoms with Crippen LogP contribution in [0.2, 0.25) is 0 Å². The Kier molecular flexibility index (Phi) is 7.79. The van der Waals surface area contributed by atoms with Gasteiger partial charge in [0.2, 0.25) is 0 Å². The fourth-order valence-corrected chi connectivity index (χ4v) is 5.66. The fourth-order valence-electron chi connectivity index (χ4n) is 2.61. The number of anilines is 1. The van der Waals surface area contributed by atoms with Gasteiger partial charge in [-0.25, -0.2) is 18.5 Å². The molecule has 1 fully saturated rings. The number of phosphoric ester groups is 1. The van der Waals surface area contributed by atoms with Gasteiger partial charge in [-0.1, -0.05) is 6.92 Å². The minimum absolute atomic E-state index is 0.0567. The number of phosphoric acid groups is 3. The van der Waals surface area contributed by atoms with Gasteiger partial charge in [0.1, 0.15) is 11.9 Å². The molecule has 0 aliphatic carbocycles. The van der Waals surface area contributed by atoms with Gasteiger partial charge in [-0.3, -0.25) is 9.09 Å². The molecule has 2 rings (SSSR count). The molecule has 1 aliphatic heterocycles. The number of aliphatic hydroxyl groups excluding tert-OH is 1. The van der Waals surface area contributed by atoms with Crippen molar-refractivity contribution in [2.75, 3.05) is 12.3 Å². The van der Waals surface area contributed by atoms with Crippen LogP contribution >= 0.6 is 23.5 Å². The van der Waals surface area contributed by atoms with E-state index in [2.05, 4.69) is 18.1 Å². The standard InChI is InChI=1S/C11H20N3O13P3/c1-6-4-7(5-24-29(20,21)27-30(22,23)26-28(17,18)19)25-10(9(6)15)14-3-2-8(12)13-11(14)16/h2-3,6-7,9-10,15H,4-5H2,1H3,(H,20,21)(H,22,23)(H2,12,13,16)(H2,17,18,19)/t6-,7?,9+,10+/m0/s1. The summed E-state index contributed by atoms with van der Waals surface area (Å²) in [5.41, 5.74) is 4.59. The molecule has 0 bridgehead atoms. The van der Waals surface area contributed by atoms with Gasteiger partial charge >= 0.3 is 29.2 Å². The Hall–Kier alpha value is -0.990. The van der Waals surface area contributed by atoms with Gasteiger partial charge in [-0.15, -0.1) is 0 Å². The lowest BCUT2D eigenvalue weighted by atomic mass is 9.93. The second kappa shape index (κ2) is 9.25. The molecule has 1 aromatic heterocycles. The van der Waals surface area contributed by atoms with Crippen molar-refractivity contribution in [1.82, 2.24) is 9.55 Å². The van der Waals surface area contributed by atoms with Gasteiger partial charge in [0.15, 0.2) is 6.23 Å². The van der Waals surface area contributed by atoms with E-state index in [0.29, 0.717) is 0 Å². The Labute approximate surface area is 168 Å². The smallest absolute Gasteiger partial charge is 0.388 e. The predicted octanol–water partition coefficient (Wildman–Crippen LogP) is -0.547. The second-order valence-corrected chi connectivity index (χ2v) is 10.7. The zero-order valence-corrected chi connectivity index (χ0v) is 17.9. The van der Waals surface area contributed by atoms with Crippen LogP contribution in [0.3, 0.4) is 0 Å². The third-order valence-corrected chi connectivity index (χ3v) is 7.61. The van der Waals surface area contributed by atoms with Crippen LogP contribution in [-0.2, 0) is 31.6 Å². The summed E-state index contributed by atoms with van der Waals surface area (Å²) in [6.45, 7) is 0.891. The van der Waals surface area contributed by atoms with E-state index >= 15 is 0 Å². The predicted molar refractivity (Wildman–Crippen MR) is 96.4 cm³/mol. The molecular formula is C11H20N3O13P3. The molecule has 0 spiro atoms. The third kappa shape index (κ3) is 7.31. The van der Waals surface area contributed by atoms with Crippen molar-refractivity contribution < 1.29 is 56.3 Å². The van der Waals surface area contributed by atoms with E-state index in [4.69, 9.17) is 25.2 Å². The lowest BCUT2D eigenvalue weighted by molar-refractivity contribution is -0.184. The van der Waals surface area contributed by atoms with Gasteiger partial charge in [-0.2, -0.15) is 13.6 Å². The number of aliphatic hydroxyl groups is 1. The van der Waals surface area contributed by atoms with Crippen molar-refractivity contribution in [1.29, 1.82) is 0 Å². The molecule has 19 heteroatoms. The maximum atomic E-state index is 12.0. The maximum absolute atomic E-state index is 12.0. The van der Waals surface area contributed by atoms with Gasteiger partial charge in [-0.05, 0) is 18.4 Å². The first-order valence-electron chi connectivity index (χ1n) is 8.05. The summed E-state index contributed by atoms with van der Waals surface area (Å²) in [5.74, 6) is -0.540. The molecule has 0 saturated carbocycles. The first-order chi connectivity index (χ1) is 13.6. The number of nitrogens with zero attached hydrogens (tertiary/aromatic N) is 2. The van der Waals surface area contributed by atoms with E-state index in [-0.39, 0.29) is 12.2 Å². The van der Waals surface area contributed by atoms with Crippen molar-refractivity contribution in [2.45, 2.75) is 31.8 Å². The Morgan fingerprint density at radius 2 is 1.87 bits per heavy atom. The van der Waals surface area contributed by atoms with E-state index < -0.39 is 60.1 Å². The van der Waals surface area contributed by atoms with Crippen molar-refractivity contribution in [3.63, 3.8) is 0 Å². The molecule has 0 amide bonds. The maximum Gasteiger partial charge on any atom is 0.490 e. The number of nitrogen functional groups attached to an aromatic ring is 1. The summed E-state index contributed by atoms with van der Waals surface area (Å²) in [4.78, 5) is 51.1. The Balaban J connectivity index is 2.07. The molecule has 1 aromatic rings. The average Bonchev–Trinajstić information content (AvgIpc) is 2.53. The van der Waals surface area contributed by atoms with Crippen LogP contribution in [0.5, 0.6) is 0 Å². The molecule has 1 aliphatic rings. The molecule has 7 N–H and O–H groups in total. The Morgan fingerprint density at radius 3 is 2.43 bits per heavy atom. The summed E-state index contributed by atoms with van der Waals surface area (Å²) >= 11 is 0. The summed E-state index contributed by atoms with van der Waals surface area (Å²) in [5, 5.41) is 10.3. The Morgan fingerprint density at radius 1 is 1.23 bits per heavy atom. The quantitative estimate of drug-likeness (QED) is 0.248. The first-order valence-corrected chi connectivity index (χ1v) is 12.6. The van der Waals surface area contributed by atoms with Crippen LogP contribution in [0, 0.1) is 5.92 Å². The molecule has 172 valence electrons. The summed E-state index contributed by atoms with van der Waals surface area (Å²) in [7, 11) is -16.5. The highest BCUT2D eigenvalue weighted by atomic mass is 31.3. The highest BCUT2D eigenvalue weighted by Gasteiger charge is 2.42. The third-order valence-electron chi connectivity index (χ3n) is 3.81. The Bertz CT molecular complexity index is 963. The second-order valence-electron chi connectivity index (χ2n) is 6.28. The minimum Gasteiger partial charge on any atom is -0.388 e. The zero-order valence-electron chi connectivity index (χ0n) is 15.2. The number of nitrogens with two attached hydrogens (primary N) is 1.